The van der Waals surface area contributed by atoms with Crippen LogP contribution in [0.2, 0.25) is 0 Å². The molecule has 1 N–H and O–H groups in total. The first kappa shape index (κ1) is 28.2. The Kier molecular flexibility index (Phi) is 8.65. The van der Waals surface area contributed by atoms with Crippen molar-refractivity contribution in [2.45, 2.75) is 30.9 Å². The molecular weight excluding hydrogens is 521 g/mol. The highest BCUT2D eigenvalue weighted by Crippen LogP contribution is 2.28. The number of sulfonamides is 1. The van der Waals surface area contributed by atoms with Crippen LogP contribution in [-0.2, 0) is 10.0 Å². The number of halogens is 1. The van der Waals surface area contributed by atoms with Gasteiger partial charge < -0.3 is 14.7 Å². The van der Waals surface area contributed by atoms with Crippen LogP contribution in [0.3, 0.4) is 0 Å². The molecule has 0 spiro atoms. The number of ether oxygens (including phenoxy) is 1. The van der Waals surface area contributed by atoms with Crippen LogP contribution >= 0.6 is 0 Å². The van der Waals surface area contributed by atoms with Gasteiger partial charge in [0.1, 0.15) is 17.5 Å². The van der Waals surface area contributed by atoms with Crippen LogP contribution in [0.25, 0.3) is 0 Å². The molecule has 0 saturated carbocycles. The normalized spacial score (nSPS) is 18.3. The molecule has 2 aromatic carbocycles. The summed E-state index contributed by atoms with van der Waals surface area (Å²) in [5.41, 5.74) is 0.708. The number of nitrogens with zero attached hydrogens (tertiary/aromatic N) is 3. The van der Waals surface area contributed by atoms with E-state index in [9.17, 15) is 22.7 Å². The van der Waals surface area contributed by atoms with E-state index in [1.165, 1.54) is 46.7 Å². The van der Waals surface area contributed by atoms with Crippen LogP contribution in [0.15, 0.2) is 71.8 Å². The highest BCUT2D eigenvalue weighted by atomic mass is 32.2. The van der Waals surface area contributed by atoms with Crippen LogP contribution in [-0.4, -0.2) is 72.5 Å². The van der Waals surface area contributed by atoms with Crippen LogP contribution in [0.1, 0.15) is 35.3 Å². The molecule has 0 saturated heterocycles. The molecule has 1 aliphatic heterocycles. The van der Waals surface area contributed by atoms with Crippen LogP contribution in [0, 0.1) is 23.6 Å². The highest BCUT2D eigenvalue weighted by Gasteiger charge is 2.35. The van der Waals surface area contributed by atoms with Crippen LogP contribution in [0.5, 0.6) is 5.88 Å². The lowest BCUT2D eigenvalue weighted by Crippen LogP contribution is -2.50. The number of hydrogen-bond acceptors (Lipinski definition) is 6. The van der Waals surface area contributed by atoms with Gasteiger partial charge in [-0.15, -0.1) is 0 Å². The molecule has 2 heterocycles. The minimum absolute atomic E-state index is 0.00386. The van der Waals surface area contributed by atoms with E-state index in [0.29, 0.717) is 5.56 Å². The number of carbonyl (C=O) groups excluding carboxylic acids is 1. The summed E-state index contributed by atoms with van der Waals surface area (Å²) in [7, 11) is -2.31. The molecule has 0 unspecified atom stereocenters. The van der Waals surface area contributed by atoms with E-state index in [1.54, 1.807) is 43.3 Å². The monoisotopic (exact) mass is 551 g/mol. The average Bonchev–Trinajstić information content (AvgIpc) is 2.94. The molecule has 204 valence electrons. The lowest BCUT2D eigenvalue weighted by molar-refractivity contribution is 0.0373. The van der Waals surface area contributed by atoms with E-state index in [1.807, 2.05) is 6.92 Å². The number of aromatic nitrogens is 1. The number of likely N-dealkylation sites (N-methyl/N-ethyl adjacent to an activating group) is 1. The standard InChI is InChI=1S/C29H30FN3O5S/c1-20-17-33(21(2)19-34)29(35)25-15-22(13-14-23-9-7-8-12-26(23)30)16-31-28(25)38-27(20)18-32(3)39(36,37)24-10-5-4-6-11-24/h4-12,15-16,20-21,27,34H,17-19H2,1-3H3/t20-,21+,27-/m1/s1. The number of benzene rings is 2. The second kappa shape index (κ2) is 11.9. The first-order chi connectivity index (χ1) is 18.6. The molecule has 39 heavy (non-hydrogen) atoms. The summed E-state index contributed by atoms with van der Waals surface area (Å²) in [4.78, 5) is 19.6. The fourth-order valence-corrected chi connectivity index (χ4v) is 5.42. The summed E-state index contributed by atoms with van der Waals surface area (Å²) in [5, 5.41) is 9.85. The van der Waals surface area contributed by atoms with Gasteiger partial charge in [-0.1, -0.05) is 49.1 Å². The molecule has 1 amide bonds. The highest BCUT2D eigenvalue weighted by molar-refractivity contribution is 7.89. The van der Waals surface area contributed by atoms with Crippen molar-refractivity contribution in [1.29, 1.82) is 0 Å². The molecule has 3 atom stereocenters. The van der Waals surface area contributed by atoms with E-state index in [4.69, 9.17) is 4.74 Å². The molecule has 1 aromatic heterocycles. The Bertz CT molecular complexity index is 1500. The zero-order valence-electron chi connectivity index (χ0n) is 21.9. The van der Waals surface area contributed by atoms with Crippen molar-refractivity contribution >= 4 is 15.9 Å². The summed E-state index contributed by atoms with van der Waals surface area (Å²) >= 11 is 0. The van der Waals surface area contributed by atoms with Gasteiger partial charge in [-0.25, -0.2) is 17.8 Å². The van der Waals surface area contributed by atoms with Gasteiger partial charge in [0.05, 0.1) is 29.7 Å². The smallest absolute Gasteiger partial charge is 0.259 e. The molecule has 3 aromatic rings. The molecule has 10 heteroatoms. The second-order valence-electron chi connectivity index (χ2n) is 9.53. The summed E-state index contributed by atoms with van der Waals surface area (Å²) < 4.78 is 47.7. The Labute approximate surface area is 228 Å². The largest absolute Gasteiger partial charge is 0.472 e. The lowest BCUT2D eigenvalue weighted by Gasteiger charge is -2.37. The molecule has 0 aliphatic carbocycles. The van der Waals surface area contributed by atoms with Gasteiger partial charge in [0, 0.05) is 31.3 Å². The summed E-state index contributed by atoms with van der Waals surface area (Å²) in [6.07, 6.45) is 0.768. The van der Waals surface area contributed by atoms with Gasteiger partial charge in [-0.05, 0) is 37.3 Å². The van der Waals surface area contributed by atoms with Gasteiger partial charge >= 0.3 is 0 Å². The van der Waals surface area contributed by atoms with E-state index in [-0.39, 0.29) is 47.5 Å². The molecule has 4 rings (SSSR count). The predicted octanol–water partition coefficient (Wildman–Crippen LogP) is 3.16. The van der Waals surface area contributed by atoms with E-state index in [0.717, 1.165) is 0 Å². The third-order valence-electron chi connectivity index (χ3n) is 6.62. The fraction of sp³-hybridized carbons (Fsp3) is 0.310. The number of pyridine rings is 1. The average molecular weight is 552 g/mol. The Morgan fingerprint density at radius 3 is 2.56 bits per heavy atom. The number of carbonyl (C=O) groups is 1. The molecular formula is C29H30FN3O5S. The maximum absolute atomic E-state index is 14.0. The molecule has 0 bridgehead atoms. The topological polar surface area (TPSA) is 100 Å². The molecule has 0 fully saturated rings. The number of aliphatic hydroxyl groups excluding tert-OH is 1. The molecule has 0 radical (unpaired) electrons. The van der Waals surface area contributed by atoms with Gasteiger partial charge in [0.2, 0.25) is 15.9 Å². The van der Waals surface area contributed by atoms with E-state index < -0.39 is 33.9 Å². The van der Waals surface area contributed by atoms with Gasteiger partial charge in [-0.2, -0.15) is 4.31 Å². The zero-order valence-corrected chi connectivity index (χ0v) is 22.7. The SMILES string of the molecule is C[C@@H]1CN([C@@H](C)CO)C(=O)c2cc(C#Cc3ccccc3F)cnc2O[C@@H]1CN(C)S(=O)(=O)c1ccccc1. The number of hydrogen-bond donors (Lipinski definition) is 1. The summed E-state index contributed by atoms with van der Waals surface area (Å²) in [5.74, 6) is 4.47. The summed E-state index contributed by atoms with van der Waals surface area (Å²) in [6, 6.07) is 15.2. The Morgan fingerprint density at radius 2 is 1.87 bits per heavy atom. The quantitative estimate of drug-likeness (QED) is 0.473. The van der Waals surface area contributed by atoms with Gasteiger partial charge in [0.25, 0.3) is 5.91 Å². The number of fused-ring (bicyclic) bond motifs is 1. The van der Waals surface area contributed by atoms with Crippen molar-refractivity contribution in [3.05, 3.63) is 89.4 Å². The van der Waals surface area contributed by atoms with Crippen molar-refractivity contribution in [1.82, 2.24) is 14.2 Å². The Morgan fingerprint density at radius 1 is 1.18 bits per heavy atom. The van der Waals surface area contributed by atoms with E-state index in [2.05, 4.69) is 16.8 Å². The third-order valence-corrected chi connectivity index (χ3v) is 8.46. The Balaban J connectivity index is 1.69. The van der Waals surface area contributed by atoms with Gasteiger partial charge in [0.15, 0.2) is 0 Å². The van der Waals surface area contributed by atoms with Crippen LogP contribution in [0.4, 0.5) is 4.39 Å². The first-order valence-electron chi connectivity index (χ1n) is 12.5. The number of amides is 1. The maximum Gasteiger partial charge on any atom is 0.259 e. The van der Waals surface area contributed by atoms with E-state index >= 15 is 0 Å². The van der Waals surface area contributed by atoms with Crippen molar-refractivity contribution in [2.24, 2.45) is 5.92 Å². The van der Waals surface area contributed by atoms with Gasteiger partial charge in [-0.3, -0.25) is 4.79 Å². The Hall–Kier alpha value is -3.78. The minimum atomic E-state index is -3.79. The fourth-order valence-electron chi connectivity index (χ4n) is 4.21. The third kappa shape index (κ3) is 6.28. The minimum Gasteiger partial charge on any atom is -0.472 e. The maximum atomic E-state index is 14.0. The number of rotatable bonds is 6. The second-order valence-corrected chi connectivity index (χ2v) is 11.6. The first-order valence-corrected chi connectivity index (χ1v) is 13.9. The molecule has 1 aliphatic rings. The zero-order chi connectivity index (χ0) is 28.2. The van der Waals surface area contributed by atoms with Crippen LogP contribution < -0.4 is 4.74 Å². The summed E-state index contributed by atoms with van der Waals surface area (Å²) in [6.45, 7) is 3.54. The van der Waals surface area contributed by atoms with Crippen molar-refractivity contribution in [3.8, 4) is 17.7 Å². The lowest BCUT2D eigenvalue weighted by atomic mass is 10.0. The van der Waals surface area contributed by atoms with Crippen molar-refractivity contribution in [2.75, 3.05) is 26.7 Å². The predicted molar refractivity (Wildman–Crippen MR) is 144 cm³/mol. The number of aliphatic hydroxyl groups is 1. The van der Waals surface area contributed by atoms with Crippen molar-refractivity contribution < 1.29 is 27.4 Å². The van der Waals surface area contributed by atoms with Crippen molar-refractivity contribution in [3.63, 3.8) is 0 Å². The molecule has 8 nitrogen and oxygen atoms in total.